The molecular formula is C17H18N2O5S. The van der Waals surface area contributed by atoms with Crippen LogP contribution in [-0.4, -0.2) is 38.7 Å². The van der Waals surface area contributed by atoms with Gasteiger partial charge in [0, 0.05) is 17.1 Å². The lowest BCUT2D eigenvalue weighted by Gasteiger charge is -2.10. The van der Waals surface area contributed by atoms with Crippen LogP contribution in [0.15, 0.2) is 35.7 Å². The first-order valence-electron chi connectivity index (χ1n) is 7.42. The number of esters is 2. The van der Waals surface area contributed by atoms with Crippen molar-refractivity contribution in [3.8, 4) is 0 Å². The van der Waals surface area contributed by atoms with E-state index in [1.54, 1.807) is 11.3 Å². The summed E-state index contributed by atoms with van der Waals surface area (Å²) in [5.41, 5.74) is 0.565. The molecular weight excluding hydrogens is 344 g/mol. The normalized spacial score (nSPS) is 10.0. The van der Waals surface area contributed by atoms with E-state index in [0.717, 1.165) is 6.42 Å². The van der Waals surface area contributed by atoms with Gasteiger partial charge in [-0.2, -0.15) is 0 Å². The molecule has 2 N–H and O–H groups in total. The molecule has 0 fully saturated rings. The molecule has 1 heterocycles. The van der Waals surface area contributed by atoms with Crippen LogP contribution in [0.2, 0.25) is 0 Å². The van der Waals surface area contributed by atoms with Crippen molar-refractivity contribution in [1.29, 1.82) is 0 Å². The molecule has 0 radical (unpaired) electrons. The first-order chi connectivity index (χ1) is 12.0. The third-order valence-corrected chi connectivity index (χ3v) is 4.21. The van der Waals surface area contributed by atoms with Gasteiger partial charge in [0.15, 0.2) is 0 Å². The van der Waals surface area contributed by atoms with Crippen LogP contribution in [0.25, 0.3) is 0 Å². The number of anilines is 1. The van der Waals surface area contributed by atoms with Crippen molar-refractivity contribution in [3.05, 3.63) is 51.7 Å². The molecule has 25 heavy (non-hydrogen) atoms. The first kappa shape index (κ1) is 18.5. The van der Waals surface area contributed by atoms with Crippen molar-refractivity contribution in [2.75, 3.05) is 26.1 Å². The Morgan fingerprint density at radius 3 is 2.20 bits per heavy atom. The molecule has 1 aromatic heterocycles. The van der Waals surface area contributed by atoms with Crippen molar-refractivity contribution in [2.45, 2.75) is 6.42 Å². The predicted molar refractivity (Wildman–Crippen MR) is 94.2 cm³/mol. The van der Waals surface area contributed by atoms with E-state index in [0.29, 0.717) is 6.54 Å². The van der Waals surface area contributed by atoms with Crippen molar-refractivity contribution < 1.29 is 23.9 Å². The number of rotatable bonds is 6. The summed E-state index contributed by atoms with van der Waals surface area (Å²) in [7, 11) is 2.47. The van der Waals surface area contributed by atoms with Gasteiger partial charge < -0.3 is 20.1 Å². The Bertz CT molecular complexity index is 724. The number of carbonyl (C=O) groups is 3. The van der Waals surface area contributed by atoms with Crippen LogP contribution in [-0.2, 0) is 15.9 Å². The fraction of sp³-hybridized carbons (Fsp3) is 0.235. The molecule has 7 nitrogen and oxygen atoms in total. The first-order valence-corrected chi connectivity index (χ1v) is 8.30. The van der Waals surface area contributed by atoms with Gasteiger partial charge in [-0.05, 0) is 36.1 Å². The standard InChI is InChI=1S/C17H18N2O5S/c1-23-15(20)11-8-12(16(21)24-2)10-13(9-11)19-17(22)18-6-5-14-4-3-7-25-14/h3-4,7-10H,5-6H2,1-2H3,(H2,18,19,22). The predicted octanol–water partition coefficient (Wildman–Crippen LogP) is 2.69. The minimum absolute atomic E-state index is 0.138. The number of nitrogens with one attached hydrogen (secondary N) is 2. The van der Waals surface area contributed by atoms with E-state index in [2.05, 4.69) is 20.1 Å². The molecule has 2 aromatic rings. The average molecular weight is 362 g/mol. The highest BCUT2D eigenvalue weighted by molar-refractivity contribution is 7.09. The summed E-state index contributed by atoms with van der Waals surface area (Å²) in [5.74, 6) is -1.24. The lowest BCUT2D eigenvalue weighted by molar-refractivity contribution is 0.0599. The molecule has 0 saturated carbocycles. The van der Waals surface area contributed by atoms with Gasteiger partial charge in [0.05, 0.1) is 25.3 Å². The largest absolute Gasteiger partial charge is 0.465 e. The quantitative estimate of drug-likeness (QED) is 0.771. The van der Waals surface area contributed by atoms with Gasteiger partial charge >= 0.3 is 18.0 Å². The van der Waals surface area contributed by atoms with E-state index in [1.165, 1.54) is 37.3 Å². The second-order valence-electron chi connectivity index (χ2n) is 4.99. The maximum atomic E-state index is 12.0. The Hall–Kier alpha value is -2.87. The zero-order valence-corrected chi connectivity index (χ0v) is 14.6. The van der Waals surface area contributed by atoms with Gasteiger partial charge in [-0.1, -0.05) is 6.07 Å². The summed E-state index contributed by atoms with van der Waals surface area (Å²) in [4.78, 5) is 36.6. The van der Waals surface area contributed by atoms with Gasteiger partial charge in [-0.15, -0.1) is 11.3 Å². The summed E-state index contributed by atoms with van der Waals surface area (Å²) in [5, 5.41) is 7.29. The Morgan fingerprint density at radius 2 is 1.68 bits per heavy atom. The minimum Gasteiger partial charge on any atom is -0.465 e. The Labute approximate surface area is 148 Å². The number of hydrogen-bond donors (Lipinski definition) is 2. The summed E-state index contributed by atoms with van der Waals surface area (Å²) in [6.07, 6.45) is 0.723. The van der Waals surface area contributed by atoms with Gasteiger partial charge in [-0.3, -0.25) is 0 Å². The Balaban J connectivity index is 2.04. The number of urea groups is 1. The summed E-state index contributed by atoms with van der Waals surface area (Å²) in [6, 6.07) is 7.71. The molecule has 132 valence electrons. The minimum atomic E-state index is -0.619. The van der Waals surface area contributed by atoms with Crippen LogP contribution in [0.1, 0.15) is 25.6 Å². The Morgan fingerprint density at radius 1 is 1.04 bits per heavy atom. The smallest absolute Gasteiger partial charge is 0.337 e. The lowest BCUT2D eigenvalue weighted by atomic mass is 10.1. The molecule has 0 unspecified atom stereocenters. The molecule has 0 spiro atoms. The number of carbonyl (C=O) groups excluding carboxylic acids is 3. The van der Waals surface area contributed by atoms with E-state index in [-0.39, 0.29) is 16.8 Å². The fourth-order valence-electron chi connectivity index (χ4n) is 2.10. The summed E-state index contributed by atoms with van der Waals surface area (Å²) in [6.45, 7) is 0.465. The van der Waals surface area contributed by atoms with E-state index < -0.39 is 18.0 Å². The Kier molecular flexibility index (Phi) is 6.53. The summed E-state index contributed by atoms with van der Waals surface area (Å²) < 4.78 is 9.31. The second-order valence-corrected chi connectivity index (χ2v) is 6.02. The van der Waals surface area contributed by atoms with E-state index in [1.807, 2.05) is 17.5 Å². The highest BCUT2D eigenvalue weighted by atomic mass is 32.1. The van der Waals surface area contributed by atoms with Crippen LogP contribution in [0, 0.1) is 0 Å². The van der Waals surface area contributed by atoms with Gasteiger partial charge in [0.1, 0.15) is 0 Å². The maximum Gasteiger partial charge on any atom is 0.337 e. The fourth-order valence-corrected chi connectivity index (χ4v) is 2.81. The number of benzene rings is 1. The van der Waals surface area contributed by atoms with E-state index in [9.17, 15) is 14.4 Å². The van der Waals surface area contributed by atoms with Crippen molar-refractivity contribution >= 4 is 35.0 Å². The zero-order valence-electron chi connectivity index (χ0n) is 13.8. The number of thiophene rings is 1. The van der Waals surface area contributed by atoms with Crippen LogP contribution in [0.4, 0.5) is 10.5 Å². The number of methoxy groups -OCH3 is 2. The SMILES string of the molecule is COC(=O)c1cc(NC(=O)NCCc2cccs2)cc(C(=O)OC)c1. The molecule has 1 aromatic carbocycles. The molecule has 0 aliphatic carbocycles. The van der Waals surface area contributed by atoms with Crippen LogP contribution >= 0.6 is 11.3 Å². The monoisotopic (exact) mass is 362 g/mol. The number of ether oxygens (including phenoxy) is 2. The third kappa shape index (κ3) is 5.32. The van der Waals surface area contributed by atoms with Crippen LogP contribution in [0.3, 0.4) is 0 Å². The highest BCUT2D eigenvalue weighted by Gasteiger charge is 2.14. The average Bonchev–Trinajstić information content (AvgIpc) is 3.13. The van der Waals surface area contributed by atoms with Gasteiger partial charge in [-0.25, -0.2) is 14.4 Å². The third-order valence-electron chi connectivity index (χ3n) is 3.27. The molecule has 0 aliphatic rings. The van der Waals surface area contributed by atoms with Crippen molar-refractivity contribution in [3.63, 3.8) is 0 Å². The van der Waals surface area contributed by atoms with Crippen LogP contribution < -0.4 is 10.6 Å². The summed E-state index contributed by atoms with van der Waals surface area (Å²) >= 11 is 1.62. The molecule has 8 heteroatoms. The number of hydrogen-bond acceptors (Lipinski definition) is 6. The number of amides is 2. The van der Waals surface area contributed by atoms with E-state index in [4.69, 9.17) is 0 Å². The highest BCUT2D eigenvalue weighted by Crippen LogP contribution is 2.17. The molecule has 2 rings (SSSR count). The molecule has 0 saturated heterocycles. The van der Waals surface area contributed by atoms with Crippen molar-refractivity contribution in [2.24, 2.45) is 0 Å². The molecule has 0 aliphatic heterocycles. The molecule has 0 bridgehead atoms. The zero-order chi connectivity index (χ0) is 18.2. The van der Waals surface area contributed by atoms with Gasteiger partial charge in [0.2, 0.25) is 0 Å². The molecule has 2 amide bonds. The van der Waals surface area contributed by atoms with E-state index >= 15 is 0 Å². The van der Waals surface area contributed by atoms with Crippen molar-refractivity contribution in [1.82, 2.24) is 5.32 Å². The lowest BCUT2D eigenvalue weighted by Crippen LogP contribution is -2.30. The molecule has 0 atom stereocenters. The maximum absolute atomic E-state index is 12.0. The topological polar surface area (TPSA) is 93.7 Å². The van der Waals surface area contributed by atoms with Gasteiger partial charge in [0.25, 0.3) is 0 Å². The van der Waals surface area contributed by atoms with Crippen LogP contribution in [0.5, 0.6) is 0 Å². The second kappa shape index (κ2) is 8.84.